The molecule has 2 aromatic rings. The molecule has 3 rings (SSSR count). The average molecular weight is 341 g/mol. The monoisotopic (exact) mass is 341 g/mol. The fourth-order valence-electron chi connectivity index (χ4n) is 2.74. The molecule has 1 amide bonds. The van der Waals surface area contributed by atoms with E-state index in [0.717, 1.165) is 19.4 Å². The van der Waals surface area contributed by atoms with Crippen LogP contribution in [0.5, 0.6) is 5.75 Å². The number of ether oxygens (including phenoxy) is 2. The molecule has 2 N–H and O–H groups in total. The first kappa shape index (κ1) is 17.2. The van der Waals surface area contributed by atoms with Crippen LogP contribution in [0.1, 0.15) is 30.1 Å². The van der Waals surface area contributed by atoms with Gasteiger partial charge in [-0.1, -0.05) is 12.1 Å². The molecule has 0 saturated carbocycles. The fraction of sp³-hybridized carbons (Fsp3) is 0.368. The molecule has 1 unspecified atom stereocenters. The zero-order valence-corrected chi connectivity index (χ0v) is 14.3. The van der Waals surface area contributed by atoms with E-state index in [-0.39, 0.29) is 12.0 Å². The van der Waals surface area contributed by atoms with E-state index in [2.05, 4.69) is 15.6 Å². The summed E-state index contributed by atoms with van der Waals surface area (Å²) in [6.07, 6.45) is 4.00. The first-order valence-electron chi connectivity index (χ1n) is 8.61. The number of nitrogens with zero attached hydrogens (tertiary/aromatic N) is 1. The van der Waals surface area contributed by atoms with Crippen LogP contribution in [0, 0.1) is 0 Å². The van der Waals surface area contributed by atoms with Crippen LogP contribution in [0.15, 0.2) is 42.6 Å². The van der Waals surface area contributed by atoms with Gasteiger partial charge in [0.1, 0.15) is 11.6 Å². The van der Waals surface area contributed by atoms with E-state index in [1.165, 1.54) is 0 Å². The van der Waals surface area contributed by atoms with E-state index in [4.69, 9.17) is 9.47 Å². The summed E-state index contributed by atoms with van der Waals surface area (Å²) in [5.74, 6) is 1.13. The second kappa shape index (κ2) is 8.48. The molecule has 1 aliphatic heterocycles. The van der Waals surface area contributed by atoms with E-state index < -0.39 is 0 Å². The van der Waals surface area contributed by atoms with Gasteiger partial charge >= 0.3 is 0 Å². The summed E-state index contributed by atoms with van der Waals surface area (Å²) in [7, 11) is 0. The maximum absolute atomic E-state index is 12.5. The van der Waals surface area contributed by atoms with Crippen LogP contribution >= 0.6 is 0 Å². The second-order valence-corrected chi connectivity index (χ2v) is 5.83. The predicted molar refractivity (Wildman–Crippen MR) is 97.3 cm³/mol. The Morgan fingerprint density at radius 1 is 1.36 bits per heavy atom. The summed E-state index contributed by atoms with van der Waals surface area (Å²) >= 11 is 0. The van der Waals surface area contributed by atoms with Crippen LogP contribution < -0.4 is 15.4 Å². The smallest absolute Gasteiger partial charge is 0.255 e. The number of nitrogens with one attached hydrogen (secondary N) is 2. The van der Waals surface area contributed by atoms with Gasteiger partial charge in [-0.3, -0.25) is 4.79 Å². The molecule has 1 aliphatic rings. The van der Waals surface area contributed by atoms with Gasteiger partial charge in [0, 0.05) is 24.9 Å². The van der Waals surface area contributed by atoms with Crippen molar-refractivity contribution < 1.29 is 14.3 Å². The molecule has 0 aliphatic carbocycles. The summed E-state index contributed by atoms with van der Waals surface area (Å²) in [4.78, 5) is 16.8. The number of benzene rings is 1. The van der Waals surface area contributed by atoms with Crippen LogP contribution in [0.4, 0.5) is 11.5 Å². The Morgan fingerprint density at radius 2 is 2.24 bits per heavy atom. The summed E-state index contributed by atoms with van der Waals surface area (Å²) < 4.78 is 11.1. The number of pyridine rings is 1. The van der Waals surface area contributed by atoms with Crippen LogP contribution in [-0.2, 0) is 4.74 Å². The van der Waals surface area contributed by atoms with Crippen LogP contribution in [-0.4, -0.2) is 36.8 Å². The minimum absolute atomic E-state index is 0.199. The molecule has 25 heavy (non-hydrogen) atoms. The van der Waals surface area contributed by atoms with Gasteiger partial charge in [-0.05, 0) is 44.0 Å². The SMILES string of the molecule is CCOc1ccccc1NC(=O)c1ccnc(NCC2CCCO2)c1. The van der Waals surface area contributed by atoms with Crippen molar-refractivity contribution in [1.29, 1.82) is 0 Å². The lowest BCUT2D eigenvalue weighted by Gasteiger charge is -2.13. The molecule has 6 heteroatoms. The van der Waals surface area contributed by atoms with E-state index in [0.29, 0.717) is 36.0 Å². The summed E-state index contributed by atoms with van der Waals surface area (Å²) in [6, 6.07) is 10.8. The van der Waals surface area contributed by atoms with E-state index in [9.17, 15) is 4.79 Å². The number of amides is 1. The van der Waals surface area contributed by atoms with Gasteiger partial charge < -0.3 is 20.1 Å². The number of hydrogen-bond acceptors (Lipinski definition) is 5. The number of carbonyl (C=O) groups is 1. The molecule has 1 aromatic carbocycles. The van der Waals surface area contributed by atoms with Crippen molar-refractivity contribution in [3.8, 4) is 5.75 Å². The molecule has 1 saturated heterocycles. The highest BCUT2D eigenvalue weighted by Gasteiger charge is 2.15. The molecule has 0 spiro atoms. The maximum Gasteiger partial charge on any atom is 0.255 e. The number of para-hydroxylation sites is 2. The molecular formula is C19H23N3O3. The zero-order valence-electron chi connectivity index (χ0n) is 14.3. The van der Waals surface area contributed by atoms with E-state index >= 15 is 0 Å². The lowest BCUT2D eigenvalue weighted by Crippen LogP contribution is -2.19. The number of anilines is 2. The molecule has 1 atom stereocenters. The van der Waals surface area contributed by atoms with Crippen LogP contribution in [0.3, 0.4) is 0 Å². The summed E-state index contributed by atoms with van der Waals surface area (Å²) in [6.45, 7) is 3.97. The van der Waals surface area contributed by atoms with E-state index in [1.807, 2.05) is 31.2 Å². The van der Waals surface area contributed by atoms with Gasteiger partial charge in [-0.25, -0.2) is 4.98 Å². The minimum atomic E-state index is -0.199. The number of carbonyl (C=O) groups excluding carboxylic acids is 1. The van der Waals surface area contributed by atoms with Crippen molar-refractivity contribution >= 4 is 17.4 Å². The predicted octanol–water partition coefficient (Wildman–Crippen LogP) is 3.32. The Morgan fingerprint density at radius 3 is 3.04 bits per heavy atom. The first-order valence-corrected chi connectivity index (χ1v) is 8.61. The largest absolute Gasteiger partial charge is 0.492 e. The molecule has 1 fully saturated rings. The quantitative estimate of drug-likeness (QED) is 0.808. The zero-order chi connectivity index (χ0) is 17.5. The lowest BCUT2D eigenvalue weighted by molar-refractivity contribution is 0.102. The van der Waals surface area contributed by atoms with Crippen LogP contribution in [0.25, 0.3) is 0 Å². The van der Waals surface area contributed by atoms with Gasteiger partial charge in [0.25, 0.3) is 5.91 Å². The topological polar surface area (TPSA) is 72.5 Å². The van der Waals surface area contributed by atoms with Gasteiger partial charge in [0.05, 0.1) is 18.4 Å². The normalized spacial score (nSPS) is 16.4. The van der Waals surface area contributed by atoms with Crippen molar-refractivity contribution in [1.82, 2.24) is 4.98 Å². The van der Waals surface area contributed by atoms with Gasteiger partial charge in [-0.15, -0.1) is 0 Å². The fourth-order valence-corrected chi connectivity index (χ4v) is 2.74. The molecule has 1 aromatic heterocycles. The molecule has 0 bridgehead atoms. The molecule has 0 radical (unpaired) electrons. The Kier molecular flexibility index (Phi) is 5.85. The second-order valence-electron chi connectivity index (χ2n) is 5.83. The molecule has 2 heterocycles. The highest BCUT2D eigenvalue weighted by Crippen LogP contribution is 2.24. The lowest BCUT2D eigenvalue weighted by atomic mass is 10.2. The first-order chi connectivity index (χ1) is 12.3. The molecule has 6 nitrogen and oxygen atoms in total. The Balaban J connectivity index is 1.65. The molecule has 132 valence electrons. The van der Waals surface area contributed by atoms with Crippen molar-refractivity contribution in [3.63, 3.8) is 0 Å². The maximum atomic E-state index is 12.5. The summed E-state index contributed by atoms with van der Waals surface area (Å²) in [5, 5.41) is 6.13. The number of rotatable bonds is 7. The third-order valence-corrected chi connectivity index (χ3v) is 3.99. The Labute approximate surface area is 147 Å². The highest BCUT2D eigenvalue weighted by atomic mass is 16.5. The highest BCUT2D eigenvalue weighted by molar-refractivity contribution is 6.05. The number of aromatic nitrogens is 1. The Hall–Kier alpha value is -2.60. The third-order valence-electron chi connectivity index (χ3n) is 3.99. The minimum Gasteiger partial charge on any atom is -0.492 e. The van der Waals surface area contributed by atoms with Crippen molar-refractivity contribution in [2.75, 3.05) is 30.4 Å². The standard InChI is InChI=1S/C19H23N3O3/c1-2-24-17-8-4-3-7-16(17)22-19(23)14-9-10-20-18(12-14)21-13-15-6-5-11-25-15/h3-4,7-10,12,15H,2,5-6,11,13H2,1H3,(H,20,21)(H,22,23). The van der Waals surface area contributed by atoms with Crippen molar-refractivity contribution in [3.05, 3.63) is 48.2 Å². The third kappa shape index (κ3) is 4.70. The van der Waals surface area contributed by atoms with Gasteiger partial charge in [0.15, 0.2) is 0 Å². The van der Waals surface area contributed by atoms with Crippen molar-refractivity contribution in [2.45, 2.75) is 25.9 Å². The van der Waals surface area contributed by atoms with Crippen LogP contribution in [0.2, 0.25) is 0 Å². The number of hydrogen-bond donors (Lipinski definition) is 2. The summed E-state index contributed by atoms with van der Waals surface area (Å²) in [5.41, 5.74) is 1.19. The Bertz CT molecular complexity index is 715. The van der Waals surface area contributed by atoms with E-state index in [1.54, 1.807) is 18.3 Å². The molecular weight excluding hydrogens is 318 g/mol. The average Bonchev–Trinajstić information content (AvgIpc) is 3.16. The van der Waals surface area contributed by atoms with Crippen molar-refractivity contribution in [2.24, 2.45) is 0 Å². The van der Waals surface area contributed by atoms with Gasteiger partial charge in [-0.2, -0.15) is 0 Å². The van der Waals surface area contributed by atoms with Gasteiger partial charge in [0.2, 0.25) is 0 Å².